The van der Waals surface area contributed by atoms with Gasteiger partial charge in [0.15, 0.2) is 5.16 Å². The topological polar surface area (TPSA) is 95.3 Å². The number of esters is 1. The Labute approximate surface area is 196 Å². The molecule has 32 heavy (non-hydrogen) atoms. The second kappa shape index (κ2) is 10.4. The highest BCUT2D eigenvalue weighted by Gasteiger charge is 2.27. The molecule has 1 unspecified atom stereocenters. The van der Waals surface area contributed by atoms with E-state index in [1.165, 1.54) is 35.1 Å². The van der Waals surface area contributed by atoms with Crippen molar-refractivity contribution in [2.24, 2.45) is 0 Å². The summed E-state index contributed by atoms with van der Waals surface area (Å²) in [4.78, 5) is 26.4. The Kier molecular flexibility index (Phi) is 7.52. The molecule has 2 aromatic rings. The third-order valence-electron chi connectivity index (χ3n) is 5.82. The molecule has 4 rings (SSSR count). The predicted octanol–water partition coefficient (Wildman–Crippen LogP) is 4.04. The minimum atomic E-state index is -0.384. The number of carbonyl (C=O) groups excluding carboxylic acids is 2. The van der Waals surface area contributed by atoms with Crippen molar-refractivity contribution in [2.45, 2.75) is 76.1 Å². The molecule has 1 saturated heterocycles. The van der Waals surface area contributed by atoms with E-state index in [0.29, 0.717) is 17.1 Å². The van der Waals surface area contributed by atoms with E-state index in [1.807, 2.05) is 0 Å². The third-order valence-corrected chi connectivity index (χ3v) is 7.99. The van der Waals surface area contributed by atoms with Gasteiger partial charge in [-0.1, -0.05) is 25.6 Å². The summed E-state index contributed by atoms with van der Waals surface area (Å²) in [5, 5.41) is 13.0. The number of rotatable bonds is 8. The smallest absolute Gasteiger partial charge is 0.341 e. The maximum absolute atomic E-state index is 12.8. The van der Waals surface area contributed by atoms with Crippen LogP contribution in [0, 0.1) is 0 Å². The van der Waals surface area contributed by atoms with Gasteiger partial charge in [0.1, 0.15) is 10.8 Å². The second-order valence-electron chi connectivity index (χ2n) is 8.48. The zero-order valence-electron chi connectivity index (χ0n) is 18.8. The Balaban J connectivity index is 1.46. The molecule has 1 aliphatic heterocycles. The van der Waals surface area contributed by atoms with Gasteiger partial charge in [0.25, 0.3) is 0 Å². The molecule has 10 heteroatoms. The highest BCUT2D eigenvalue weighted by molar-refractivity contribution is 7.99. The number of aromatic nitrogens is 3. The van der Waals surface area contributed by atoms with E-state index < -0.39 is 0 Å². The fourth-order valence-electron chi connectivity index (χ4n) is 4.26. The molecular weight excluding hydrogens is 448 g/mol. The predicted molar refractivity (Wildman–Crippen MR) is 125 cm³/mol. The number of thioether (sulfide) groups is 1. The summed E-state index contributed by atoms with van der Waals surface area (Å²) >= 11 is 2.86. The summed E-state index contributed by atoms with van der Waals surface area (Å²) < 4.78 is 12.9. The van der Waals surface area contributed by atoms with E-state index in [2.05, 4.69) is 33.9 Å². The Morgan fingerprint density at radius 3 is 2.81 bits per heavy atom. The molecule has 0 spiro atoms. The van der Waals surface area contributed by atoms with Crippen LogP contribution in [0.15, 0.2) is 5.16 Å². The molecular formula is C22H30N4O4S2. The molecule has 8 nitrogen and oxygen atoms in total. The number of hydrogen-bond acceptors (Lipinski definition) is 8. The van der Waals surface area contributed by atoms with Gasteiger partial charge in [0.2, 0.25) is 5.91 Å². The molecule has 3 heterocycles. The summed E-state index contributed by atoms with van der Waals surface area (Å²) in [5.41, 5.74) is 1.56. The van der Waals surface area contributed by atoms with Crippen LogP contribution in [-0.4, -0.2) is 52.2 Å². The van der Waals surface area contributed by atoms with Crippen LogP contribution in [-0.2, 0) is 33.7 Å². The summed E-state index contributed by atoms with van der Waals surface area (Å²) in [6.45, 7) is 5.67. The molecule has 0 aromatic carbocycles. The summed E-state index contributed by atoms with van der Waals surface area (Å²) in [6.07, 6.45) is 6.22. The Morgan fingerprint density at radius 1 is 1.28 bits per heavy atom. The van der Waals surface area contributed by atoms with Gasteiger partial charge in [0, 0.05) is 17.4 Å². The largest absolute Gasteiger partial charge is 0.465 e. The van der Waals surface area contributed by atoms with Crippen LogP contribution in [0.1, 0.15) is 72.1 Å². The van der Waals surface area contributed by atoms with Gasteiger partial charge in [0.05, 0.1) is 31.1 Å². The van der Waals surface area contributed by atoms with Gasteiger partial charge >= 0.3 is 5.97 Å². The molecule has 1 amide bonds. The number of fused-ring (bicyclic) bond motifs is 1. The number of methoxy groups -OCH3 is 1. The van der Waals surface area contributed by atoms with E-state index in [-0.39, 0.29) is 29.7 Å². The van der Waals surface area contributed by atoms with Gasteiger partial charge in [-0.2, -0.15) is 0 Å². The number of nitrogens with zero attached hydrogens (tertiary/aromatic N) is 3. The molecule has 1 aliphatic carbocycles. The van der Waals surface area contributed by atoms with Crippen molar-refractivity contribution < 1.29 is 19.1 Å². The normalized spacial score (nSPS) is 18.1. The fraction of sp³-hybridized carbons (Fsp3) is 0.636. The van der Waals surface area contributed by atoms with Crippen LogP contribution < -0.4 is 5.32 Å². The van der Waals surface area contributed by atoms with Crippen molar-refractivity contribution >= 4 is 40.0 Å². The summed E-state index contributed by atoms with van der Waals surface area (Å²) in [7, 11) is 1.38. The molecule has 1 fully saturated rings. The number of thiophene rings is 1. The molecule has 1 atom stereocenters. The lowest BCUT2D eigenvalue weighted by molar-refractivity contribution is -0.113. The fourth-order valence-corrected chi connectivity index (χ4v) is 6.31. The lowest BCUT2D eigenvalue weighted by Gasteiger charge is -2.16. The maximum Gasteiger partial charge on any atom is 0.341 e. The van der Waals surface area contributed by atoms with Gasteiger partial charge < -0.3 is 19.4 Å². The Bertz CT molecular complexity index is 979. The molecule has 0 radical (unpaired) electrons. The first kappa shape index (κ1) is 23.3. The number of anilines is 1. The highest BCUT2D eigenvalue weighted by atomic mass is 32.2. The van der Waals surface area contributed by atoms with Crippen molar-refractivity contribution in [1.82, 2.24) is 14.8 Å². The summed E-state index contributed by atoms with van der Waals surface area (Å²) in [6, 6.07) is 0. The van der Waals surface area contributed by atoms with Gasteiger partial charge in [-0.3, -0.25) is 4.79 Å². The van der Waals surface area contributed by atoms with Gasteiger partial charge in [-0.25, -0.2) is 4.79 Å². The standard InChI is InChI=1S/C22H30N4O4S2/c1-13(2)19-24-25-22(26(19)11-14-7-6-10-30-14)31-12-17(27)23-20-18(21(28)29-3)15-8-4-5-9-16(15)32-20/h13-14H,4-12H2,1-3H3,(H,23,27). The number of ether oxygens (including phenoxy) is 2. The van der Waals surface area contributed by atoms with E-state index in [1.54, 1.807) is 0 Å². The zero-order chi connectivity index (χ0) is 22.7. The van der Waals surface area contributed by atoms with Crippen LogP contribution in [0.25, 0.3) is 0 Å². The van der Waals surface area contributed by atoms with Crippen LogP contribution in [0.5, 0.6) is 0 Å². The van der Waals surface area contributed by atoms with E-state index in [9.17, 15) is 9.59 Å². The van der Waals surface area contributed by atoms with Crippen LogP contribution >= 0.6 is 23.1 Å². The lowest BCUT2D eigenvalue weighted by Crippen LogP contribution is -2.19. The second-order valence-corrected chi connectivity index (χ2v) is 10.5. The number of carbonyl (C=O) groups is 2. The lowest BCUT2D eigenvalue weighted by atomic mass is 9.95. The van der Waals surface area contributed by atoms with Crippen molar-refractivity contribution in [3.05, 3.63) is 21.8 Å². The highest BCUT2D eigenvalue weighted by Crippen LogP contribution is 2.38. The average molecular weight is 479 g/mol. The number of nitrogens with one attached hydrogen (secondary N) is 1. The quantitative estimate of drug-likeness (QED) is 0.452. The summed E-state index contributed by atoms with van der Waals surface area (Å²) in [5.74, 6) is 0.765. The maximum atomic E-state index is 12.8. The van der Waals surface area contributed by atoms with Crippen molar-refractivity contribution in [3.63, 3.8) is 0 Å². The first-order valence-electron chi connectivity index (χ1n) is 11.2. The molecule has 2 aliphatic rings. The van der Waals surface area contributed by atoms with Crippen LogP contribution in [0.4, 0.5) is 5.00 Å². The first-order valence-corrected chi connectivity index (χ1v) is 13.0. The number of hydrogen-bond donors (Lipinski definition) is 1. The number of aryl methyl sites for hydroxylation is 1. The minimum Gasteiger partial charge on any atom is -0.465 e. The van der Waals surface area contributed by atoms with E-state index >= 15 is 0 Å². The van der Waals surface area contributed by atoms with Crippen molar-refractivity contribution in [3.8, 4) is 0 Å². The molecule has 1 N–H and O–H groups in total. The zero-order valence-corrected chi connectivity index (χ0v) is 20.4. The van der Waals surface area contributed by atoms with Crippen molar-refractivity contribution in [2.75, 3.05) is 24.8 Å². The average Bonchev–Trinajstić information content (AvgIpc) is 3.50. The third kappa shape index (κ3) is 5.02. The van der Waals surface area contributed by atoms with Gasteiger partial charge in [-0.15, -0.1) is 21.5 Å². The molecule has 0 bridgehead atoms. The van der Waals surface area contributed by atoms with E-state index in [4.69, 9.17) is 9.47 Å². The monoisotopic (exact) mass is 478 g/mol. The van der Waals surface area contributed by atoms with Crippen LogP contribution in [0.3, 0.4) is 0 Å². The van der Waals surface area contributed by atoms with Crippen molar-refractivity contribution in [1.29, 1.82) is 0 Å². The Hall–Kier alpha value is -1.91. The molecule has 2 aromatic heterocycles. The van der Waals surface area contributed by atoms with Crippen LogP contribution in [0.2, 0.25) is 0 Å². The molecule has 0 saturated carbocycles. The number of amides is 1. The Morgan fingerprint density at radius 2 is 2.09 bits per heavy atom. The SMILES string of the molecule is COC(=O)c1c(NC(=O)CSc2nnc(C(C)C)n2CC2CCCO2)sc2c1CCCC2. The van der Waals surface area contributed by atoms with E-state index in [0.717, 1.165) is 61.7 Å². The van der Waals surface area contributed by atoms with Gasteiger partial charge in [-0.05, 0) is 44.1 Å². The minimum absolute atomic E-state index is 0.164. The first-order chi connectivity index (χ1) is 15.5. The molecule has 174 valence electrons.